The Morgan fingerprint density at radius 3 is 3.05 bits per heavy atom. The van der Waals surface area contributed by atoms with Gasteiger partial charge in [0.25, 0.3) is 10.0 Å². The first-order valence-corrected chi connectivity index (χ1v) is 7.59. The lowest BCUT2D eigenvalue weighted by molar-refractivity contribution is 0.473. The van der Waals surface area contributed by atoms with Gasteiger partial charge in [0.15, 0.2) is 10.8 Å². The van der Waals surface area contributed by atoms with E-state index in [9.17, 15) is 8.42 Å². The van der Waals surface area contributed by atoms with Crippen molar-refractivity contribution in [2.24, 2.45) is 5.84 Å². The number of nitrogens with zero attached hydrogens (tertiary/aromatic N) is 4. The van der Waals surface area contributed by atoms with Gasteiger partial charge in [0.2, 0.25) is 5.03 Å². The zero-order valence-corrected chi connectivity index (χ0v) is 11.7. The maximum absolute atomic E-state index is 12.5. The van der Waals surface area contributed by atoms with Gasteiger partial charge in [0.1, 0.15) is 0 Å². The fraction of sp³-hybridized carbons (Fsp3) is 0.333. The second-order valence-electron chi connectivity index (χ2n) is 3.70. The highest BCUT2D eigenvalue weighted by atomic mass is 32.2. The highest BCUT2D eigenvalue weighted by molar-refractivity contribution is 7.89. The van der Waals surface area contributed by atoms with Crippen molar-refractivity contribution >= 4 is 32.1 Å². The van der Waals surface area contributed by atoms with Crippen molar-refractivity contribution in [3.05, 3.63) is 11.6 Å². The summed E-state index contributed by atoms with van der Waals surface area (Å²) in [4.78, 5) is 4.62. The molecule has 2 aromatic rings. The quantitative estimate of drug-likeness (QED) is 0.602. The molecule has 2 aromatic heterocycles. The molecule has 0 spiro atoms. The number of rotatable bonds is 5. The summed E-state index contributed by atoms with van der Waals surface area (Å²) in [5, 5.41) is 10.2. The third-order valence-electron chi connectivity index (χ3n) is 2.55. The molecule has 102 valence electrons. The molecule has 0 atom stereocenters. The molecule has 8 nitrogen and oxygen atoms in total. The van der Waals surface area contributed by atoms with Crippen molar-refractivity contribution in [3.8, 4) is 6.07 Å². The van der Waals surface area contributed by atoms with Crippen LogP contribution >= 0.6 is 11.3 Å². The van der Waals surface area contributed by atoms with Gasteiger partial charge in [-0.15, -0.1) is 11.3 Å². The van der Waals surface area contributed by atoms with Gasteiger partial charge in [-0.3, -0.25) is 4.40 Å². The molecule has 0 radical (unpaired) electrons. The number of hydrogen-bond acceptors (Lipinski definition) is 7. The standard InChI is InChI=1S/C9H12N6O2S2/c1-14(4-2-3-10)19(16,17)8-7(13-11)12-9-15(8)5-6-18-9/h5-6,13H,2,4,11H2,1H3. The Labute approximate surface area is 114 Å². The highest BCUT2D eigenvalue weighted by Gasteiger charge is 2.29. The number of nitriles is 1. The van der Waals surface area contributed by atoms with Gasteiger partial charge in [-0.1, -0.05) is 0 Å². The maximum atomic E-state index is 12.5. The summed E-state index contributed by atoms with van der Waals surface area (Å²) in [5.41, 5.74) is 2.29. The summed E-state index contributed by atoms with van der Waals surface area (Å²) >= 11 is 1.30. The molecule has 0 unspecified atom stereocenters. The van der Waals surface area contributed by atoms with E-state index in [1.807, 2.05) is 6.07 Å². The van der Waals surface area contributed by atoms with E-state index in [1.54, 1.807) is 11.6 Å². The van der Waals surface area contributed by atoms with E-state index in [2.05, 4.69) is 10.4 Å². The number of nitrogens with one attached hydrogen (secondary N) is 1. The Hall–Kier alpha value is -1.67. The first-order valence-electron chi connectivity index (χ1n) is 5.28. The molecule has 10 heteroatoms. The average Bonchev–Trinajstić information content (AvgIpc) is 2.94. The number of imidazole rings is 1. The second-order valence-corrected chi connectivity index (χ2v) is 6.53. The zero-order valence-electron chi connectivity index (χ0n) is 10.1. The van der Waals surface area contributed by atoms with Gasteiger partial charge < -0.3 is 5.43 Å². The predicted octanol–water partition coefficient (Wildman–Crippen LogP) is 0.216. The van der Waals surface area contributed by atoms with Gasteiger partial charge in [-0.2, -0.15) is 14.6 Å². The lowest BCUT2D eigenvalue weighted by Gasteiger charge is -2.15. The number of hydrogen-bond donors (Lipinski definition) is 2. The van der Waals surface area contributed by atoms with Crippen molar-refractivity contribution in [1.82, 2.24) is 13.7 Å². The normalized spacial score (nSPS) is 11.9. The third-order valence-corrected chi connectivity index (χ3v) is 5.19. The molecule has 0 aliphatic heterocycles. The topological polar surface area (TPSA) is 117 Å². The van der Waals surface area contributed by atoms with Crippen LogP contribution in [-0.2, 0) is 10.0 Å². The number of nitrogen functional groups attached to an aromatic ring is 1. The molecule has 0 aliphatic carbocycles. The van der Waals surface area contributed by atoms with Crippen LogP contribution in [0.4, 0.5) is 5.82 Å². The molecule has 0 fully saturated rings. The Morgan fingerprint density at radius 1 is 1.68 bits per heavy atom. The largest absolute Gasteiger partial charge is 0.306 e. The molecular weight excluding hydrogens is 288 g/mol. The lowest BCUT2D eigenvalue weighted by Crippen LogP contribution is -2.29. The summed E-state index contributed by atoms with van der Waals surface area (Å²) in [6, 6.07) is 1.91. The molecule has 0 bridgehead atoms. The predicted molar refractivity (Wildman–Crippen MR) is 70.9 cm³/mol. The molecule has 2 heterocycles. The molecule has 0 amide bonds. The molecule has 3 N–H and O–H groups in total. The van der Waals surface area contributed by atoms with Crippen molar-refractivity contribution in [2.75, 3.05) is 19.0 Å². The van der Waals surface area contributed by atoms with Crippen molar-refractivity contribution in [3.63, 3.8) is 0 Å². The van der Waals surface area contributed by atoms with E-state index < -0.39 is 10.0 Å². The smallest absolute Gasteiger partial charge is 0.262 e. The van der Waals surface area contributed by atoms with Crippen LogP contribution < -0.4 is 11.3 Å². The molecule has 0 aliphatic rings. The van der Waals surface area contributed by atoms with Crippen molar-refractivity contribution < 1.29 is 8.42 Å². The number of sulfonamides is 1. The van der Waals surface area contributed by atoms with Crippen molar-refractivity contribution in [2.45, 2.75) is 11.4 Å². The maximum Gasteiger partial charge on any atom is 0.262 e. The molecule has 0 aromatic carbocycles. The summed E-state index contributed by atoms with van der Waals surface area (Å²) in [7, 11) is -2.34. The van der Waals surface area contributed by atoms with Crippen LogP contribution in [0.5, 0.6) is 0 Å². The first kappa shape index (κ1) is 13.8. The number of fused-ring (bicyclic) bond motifs is 1. The fourth-order valence-electron chi connectivity index (χ4n) is 1.58. The van der Waals surface area contributed by atoms with E-state index in [-0.39, 0.29) is 23.8 Å². The molecule has 19 heavy (non-hydrogen) atoms. The van der Waals surface area contributed by atoms with Gasteiger partial charge in [0.05, 0.1) is 6.07 Å². The van der Waals surface area contributed by atoms with Crippen LogP contribution in [0.2, 0.25) is 0 Å². The van der Waals surface area contributed by atoms with Crippen LogP contribution in [-0.4, -0.2) is 35.7 Å². The summed E-state index contributed by atoms with van der Waals surface area (Å²) < 4.78 is 27.5. The van der Waals surface area contributed by atoms with E-state index in [0.29, 0.717) is 4.96 Å². The van der Waals surface area contributed by atoms with Crippen molar-refractivity contribution in [1.29, 1.82) is 5.26 Å². The molecule has 0 saturated carbocycles. The Kier molecular flexibility index (Phi) is 3.72. The fourth-order valence-corrected chi connectivity index (χ4v) is 3.72. The Bertz CT molecular complexity index is 726. The van der Waals surface area contributed by atoms with E-state index in [0.717, 1.165) is 4.31 Å². The number of anilines is 1. The van der Waals surface area contributed by atoms with E-state index >= 15 is 0 Å². The summed E-state index contributed by atoms with van der Waals surface area (Å²) in [6.45, 7) is 0.111. The van der Waals surface area contributed by atoms with Crippen LogP contribution in [0.15, 0.2) is 16.6 Å². The molecular formula is C9H12N6O2S2. The van der Waals surface area contributed by atoms with Gasteiger partial charge >= 0.3 is 0 Å². The monoisotopic (exact) mass is 300 g/mol. The second kappa shape index (κ2) is 5.14. The molecule has 2 rings (SSSR count). The Morgan fingerprint density at radius 2 is 2.42 bits per heavy atom. The minimum absolute atomic E-state index is 0.0216. The van der Waals surface area contributed by atoms with Gasteiger partial charge in [-0.05, 0) is 0 Å². The number of nitrogens with two attached hydrogens (primary N) is 1. The zero-order chi connectivity index (χ0) is 14.0. The highest BCUT2D eigenvalue weighted by Crippen LogP contribution is 2.27. The van der Waals surface area contributed by atoms with Crippen LogP contribution in [0, 0.1) is 11.3 Å². The SMILES string of the molecule is CN(CCC#N)S(=O)(=O)c1c(NN)nc2sccn12. The van der Waals surface area contributed by atoms with E-state index in [1.165, 1.54) is 22.8 Å². The third kappa shape index (κ3) is 2.28. The van der Waals surface area contributed by atoms with Crippen LogP contribution in [0.3, 0.4) is 0 Å². The minimum atomic E-state index is -3.76. The minimum Gasteiger partial charge on any atom is -0.306 e. The average molecular weight is 300 g/mol. The Balaban J connectivity index is 2.53. The van der Waals surface area contributed by atoms with Gasteiger partial charge in [0, 0.05) is 31.6 Å². The summed E-state index contributed by atoms with van der Waals surface area (Å²) in [6.07, 6.45) is 1.73. The first-order chi connectivity index (χ1) is 9.02. The number of thiazole rings is 1. The summed E-state index contributed by atoms with van der Waals surface area (Å²) in [5.74, 6) is 5.41. The molecule has 0 saturated heterocycles. The van der Waals surface area contributed by atoms with Gasteiger partial charge in [-0.25, -0.2) is 14.3 Å². The van der Waals surface area contributed by atoms with Crippen LogP contribution in [0.25, 0.3) is 4.96 Å². The number of aromatic nitrogens is 2. The number of hydrazine groups is 1. The van der Waals surface area contributed by atoms with Crippen LogP contribution in [0.1, 0.15) is 6.42 Å². The van der Waals surface area contributed by atoms with E-state index in [4.69, 9.17) is 11.1 Å². The lowest BCUT2D eigenvalue weighted by atomic mass is 10.5.